The number of aryl methyl sites for hydroxylation is 1. The maximum absolute atomic E-state index is 8.28. The van der Waals surface area contributed by atoms with E-state index in [0.29, 0.717) is 6.42 Å². The smallest absolute Gasteiger partial charge is 0.0625 e. The van der Waals surface area contributed by atoms with Crippen molar-refractivity contribution < 1.29 is 0 Å². The average molecular weight is 209 g/mol. The Labute approximate surface area is 97.0 Å². The van der Waals surface area contributed by atoms with Gasteiger partial charge in [-0.2, -0.15) is 5.26 Å². The van der Waals surface area contributed by atoms with E-state index in [1.54, 1.807) is 0 Å². The second-order valence-electron chi connectivity index (χ2n) is 3.30. The zero-order chi connectivity index (χ0) is 11.5. The second kappa shape index (κ2) is 8.26. The van der Waals surface area contributed by atoms with E-state index in [4.69, 9.17) is 5.26 Å². The molecule has 0 spiro atoms. The number of hydrogen-bond donors (Lipinski definition) is 0. The molecule has 0 aromatic heterocycles. The highest BCUT2D eigenvalue weighted by atomic mass is 14.2. The third-order valence-electron chi connectivity index (χ3n) is 2.03. The molecule has 0 bridgehead atoms. The van der Waals surface area contributed by atoms with Crippen LogP contribution < -0.4 is 0 Å². The molecule has 0 aliphatic rings. The van der Waals surface area contributed by atoms with E-state index in [2.05, 4.69) is 6.07 Å². The molecule has 0 amide bonds. The number of hydrogen-bond acceptors (Lipinski definition) is 1. The van der Waals surface area contributed by atoms with Crippen LogP contribution in [0.25, 0.3) is 0 Å². The summed E-state index contributed by atoms with van der Waals surface area (Å²) in [6.45, 7) is 0. The quantitative estimate of drug-likeness (QED) is 0.737. The summed E-state index contributed by atoms with van der Waals surface area (Å²) < 4.78 is 0. The zero-order valence-electron chi connectivity index (χ0n) is 9.21. The molecular formula is C15H15N. The van der Waals surface area contributed by atoms with Crippen molar-refractivity contribution in [2.24, 2.45) is 0 Å². The second-order valence-corrected chi connectivity index (χ2v) is 3.30. The van der Waals surface area contributed by atoms with Gasteiger partial charge in [-0.25, -0.2) is 0 Å². The summed E-state index contributed by atoms with van der Waals surface area (Å²) in [5.74, 6) is 0. The molecular weight excluding hydrogens is 194 g/mol. The Bertz CT molecular complexity index is 374. The summed E-state index contributed by atoms with van der Waals surface area (Å²) in [5.41, 5.74) is 1.24. The van der Waals surface area contributed by atoms with E-state index in [0.717, 1.165) is 6.42 Å². The van der Waals surface area contributed by atoms with Crippen LogP contribution >= 0.6 is 0 Å². The molecule has 0 N–H and O–H groups in total. The van der Waals surface area contributed by atoms with Gasteiger partial charge in [0.15, 0.2) is 0 Å². The summed E-state index contributed by atoms with van der Waals surface area (Å²) in [5, 5.41) is 8.28. The monoisotopic (exact) mass is 209 g/mol. The van der Waals surface area contributed by atoms with Crippen molar-refractivity contribution in [1.82, 2.24) is 0 Å². The Balaban J connectivity index is 0.000000181. The third-order valence-corrected chi connectivity index (χ3v) is 2.03. The Hall–Kier alpha value is -2.07. The van der Waals surface area contributed by atoms with Gasteiger partial charge in [0, 0.05) is 6.42 Å². The van der Waals surface area contributed by atoms with Crippen LogP contribution in [-0.4, -0.2) is 0 Å². The SMILES string of the molecule is N#CCCc1ccccc1.c1ccccc1. The van der Waals surface area contributed by atoms with Crippen molar-refractivity contribution in [2.45, 2.75) is 12.8 Å². The molecule has 0 heterocycles. The first kappa shape index (κ1) is 12.0. The van der Waals surface area contributed by atoms with Crippen LogP contribution in [-0.2, 0) is 6.42 Å². The molecule has 0 radical (unpaired) electrons. The van der Waals surface area contributed by atoms with Gasteiger partial charge < -0.3 is 0 Å². The molecule has 16 heavy (non-hydrogen) atoms. The minimum Gasteiger partial charge on any atom is -0.198 e. The molecule has 1 nitrogen and oxygen atoms in total. The maximum atomic E-state index is 8.28. The average Bonchev–Trinajstić information content (AvgIpc) is 2.40. The van der Waals surface area contributed by atoms with Crippen LogP contribution in [0.1, 0.15) is 12.0 Å². The normalized spacial score (nSPS) is 8.44. The van der Waals surface area contributed by atoms with Crippen LogP contribution in [0.3, 0.4) is 0 Å². The highest BCUT2D eigenvalue weighted by Crippen LogP contribution is 2.00. The largest absolute Gasteiger partial charge is 0.198 e. The van der Waals surface area contributed by atoms with Gasteiger partial charge >= 0.3 is 0 Å². The fourth-order valence-corrected chi connectivity index (χ4v) is 1.23. The number of nitriles is 1. The Morgan fingerprint density at radius 3 is 1.62 bits per heavy atom. The molecule has 2 aromatic rings. The Morgan fingerprint density at radius 1 is 0.750 bits per heavy atom. The summed E-state index contributed by atoms with van der Waals surface area (Å²) in [4.78, 5) is 0. The minimum absolute atomic E-state index is 0.615. The highest BCUT2D eigenvalue weighted by molar-refractivity contribution is 5.15. The van der Waals surface area contributed by atoms with Crippen LogP contribution in [0.4, 0.5) is 0 Å². The van der Waals surface area contributed by atoms with Gasteiger partial charge in [-0.3, -0.25) is 0 Å². The molecule has 1 heteroatoms. The van der Waals surface area contributed by atoms with Gasteiger partial charge in [0.25, 0.3) is 0 Å². The van der Waals surface area contributed by atoms with Gasteiger partial charge in [-0.05, 0) is 12.0 Å². The molecule has 0 saturated heterocycles. The van der Waals surface area contributed by atoms with Crippen LogP contribution in [0.2, 0.25) is 0 Å². The standard InChI is InChI=1S/C9H9N.C6H6/c10-8-4-7-9-5-2-1-3-6-9;1-2-4-6-5-3-1/h1-3,5-6H,4,7H2;1-6H. The lowest BCUT2D eigenvalue weighted by Gasteiger charge is -1.92. The van der Waals surface area contributed by atoms with E-state index in [1.807, 2.05) is 66.7 Å². The van der Waals surface area contributed by atoms with E-state index in [9.17, 15) is 0 Å². The highest BCUT2D eigenvalue weighted by Gasteiger charge is 1.87. The van der Waals surface area contributed by atoms with Gasteiger partial charge in [0.05, 0.1) is 6.07 Å². The van der Waals surface area contributed by atoms with Crippen molar-refractivity contribution in [3.63, 3.8) is 0 Å². The van der Waals surface area contributed by atoms with Crippen molar-refractivity contribution in [3.05, 3.63) is 72.3 Å². The van der Waals surface area contributed by atoms with Crippen molar-refractivity contribution in [2.75, 3.05) is 0 Å². The van der Waals surface area contributed by atoms with Crippen LogP contribution in [0.5, 0.6) is 0 Å². The minimum atomic E-state index is 0.615. The molecule has 0 fully saturated rings. The first-order valence-electron chi connectivity index (χ1n) is 5.34. The maximum Gasteiger partial charge on any atom is 0.0625 e. The molecule has 0 atom stereocenters. The summed E-state index contributed by atoms with van der Waals surface area (Å²) in [6.07, 6.45) is 1.49. The number of nitrogens with zero attached hydrogens (tertiary/aromatic N) is 1. The van der Waals surface area contributed by atoms with Gasteiger partial charge in [-0.1, -0.05) is 66.7 Å². The summed E-state index contributed by atoms with van der Waals surface area (Å²) in [7, 11) is 0. The predicted molar refractivity (Wildman–Crippen MR) is 66.8 cm³/mol. The first-order chi connectivity index (χ1) is 7.93. The van der Waals surface area contributed by atoms with E-state index < -0.39 is 0 Å². The van der Waals surface area contributed by atoms with E-state index >= 15 is 0 Å². The first-order valence-corrected chi connectivity index (χ1v) is 5.34. The molecule has 0 aliphatic carbocycles. The Kier molecular flexibility index (Phi) is 6.19. The fourth-order valence-electron chi connectivity index (χ4n) is 1.23. The lowest BCUT2D eigenvalue weighted by Crippen LogP contribution is -1.80. The molecule has 0 aliphatic heterocycles. The molecule has 0 unspecified atom stereocenters. The van der Waals surface area contributed by atoms with Gasteiger partial charge in [0.2, 0.25) is 0 Å². The van der Waals surface area contributed by atoms with Crippen molar-refractivity contribution in [3.8, 4) is 6.07 Å². The number of rotatable bonds is 2. The van der Waals surface area contributed by atoms with Gasteiger partial charge in [0.1, 0.15) is 0 Å². The van der Waals surface area contributed by atoms with E-state index in [1.165, 1.54) is 5.56 Å². The van der Waals surface area contributed by atoms with Crippen molar-refractivity contribution >= 4 is 0 Å². The third kappa shape index (κ3) is 5.62. The molecule has 2 rings (SSSR count). The lowest BCUT2D eigenvalue weighted by atomic mass is 10.1. The van der Waals surface area contributed by atoms with Crippen LogP contribution in [0, 0.1) is 11.3 Å². The molecule has 0 saturated carbocycles. The van der Waals surface area contributed by atoms with E-state index in [-0.39, 0.29) is 0 Å². The van der Waals surface area contributed by atoms with Gasteiger partial charge in [-0.15, -0.1) is 0 Å². The summed E-state index contributed by atoms with van der Waals surface area (Å²) in [6, 6.07) is 24.2. The van der Waals surface area contributed by atoms with Crippen LogP contribution in [0.15, 0.2) is 66.7 Å². The Morgan fingerprint density at radius 2 is 1.19 bits per heavy atom. The van der Waals surface area contributed by atoms with Crippen molar-refractivity contribution in [1.29, 1.82) is 5.26 Å². The molecule has 80 valence electrons. The predicted octanol–water partition coefficient (Wildman–Crippen LogP) is 3.83. The fraction of sp³-hybridized carbons (Fsp3) is 0.133. The molecule has 2 aromatic carbocycles. The summed E-state index contributed by atoms with van der Waals surface area (Å²) >= 11 is 0. The number of benzene rings is 2. The lowest BCUT2D eigenvalue weighted by molar-refractivity contribution is 1.01. The zero-order valence-corrected chi connectivity index (χ0v) is 9.21. The topological polar surface area (TPSA) is 23.8 Å².